The van der Waals surface area contributed by atoms with Gasteiger partial charge in [-0.1, -0.05) is 64.2 Å². The maximum Gasteiger partial charge on any atom is 0.382 e. The van der Waals surface area contributed by atoms with Crippen LogP contribution in [-0.2, 0) is 9.59 Å². The summed E-state index contributed by atoms with van der Waals surface area (Å²) >= 11 is 0. The third-order valence-corrected chi connectivity index (χ3v) is 4.24. The number of aliphatic carboxylic acids is 2. The van der Waals surface area contributed by atoms with E-state index in [1.54, 1.807) is 25.7 Å². The lowest BCUT2D eigenvalue weighted by Gasteiger charge is -2.32. The summed E-state index contributed by atoms with van der Waals surface area (Å²) in [5.41, 5.74) is 0. The molecule has 0 aromatic carbocycles. The lowest BCUT2D eigenvalue weighted by Crippen LogP contribution is -2.20. The summed E-state index contributed by atoms with van der Waals surface area (Å²) in [7, 11) is 0. The molecule has 0 unspecified atom stereocenters. The van der Waals surface area contributed by atoms with Crippen LogP contribution in [0.5, 0.6) is 0 Å². The van der Waals surface area contributed by atoms with Crippen molar-refractivity contribution in [2.24, 2.45) is 11.8 Å². The average Bonchev–Trinajstić information content (AvgIpc) is 2.48. The molecule has 20 heavy (non-hydrogen) atoms. The summed E-state index contributed by atoms with van der Waals surface area (Å²) in [6, 6.07) is 0. The first-order valence-corrected chi connectivity index (χ1v) is 7.57. The molecule has 0 atom stereocenters. The number of hydrogen-bond donors (Lipinski definition) is 2. The third kappa shape index (κ3) is 7.18. The van der Waals surface area contributed by atoms with Crippen LogP contribution < -0.4 is 0 Å². The zero-order chi connectivity index (χ0) is 14.8. The van der Waals surface area contributed by atoms with Gasteiger partial charge in [0, 0.05) is 11.8 Å². The Balaban J connectivity index is 0.000000221. The number of carboxylic acid groups (broad SMARTS) is 2. The molecule has 0 aromatic heterocycles. The molecule has 0 saturated heterocycles. The first-order chi connectivity index (χ1) is 9.59. The molecule has 2 aliphatic rings. The molecular formula is C16H24O4. The van der Waals surface area contributed by atoms with Gasteiger partial charge in [0.2, 0.25) is 0 Å². The molecule has 0 aliphatic heterocycles. The van der Waals surface area contributed by atoms with Gasteiger partial charge in [-0.15, -0.1) is 0 Å². The Bertz CT molecular complexity index is 332. The zero-order valence-corrected chi connectivity index (χ0v) is 11.9. The predicted molar refractivity (Wildman–Crippen MR) is 76.2 cm³/mol. The summed E-state index contributed by atoms with van der Waals surface area (Å²) in [6.45, 7) is 0. The Kier molecular flexibility index (Phi) is 7.79. The molecule has 0 heterocycles. The summed E-state index contributed by atoms with van der Waals surface area (Å²) in [4.78, 5) is 18.9. The van der Waals surface area contributed by atoms with Crippen LogP contribution >= 0.6 is 0 Å². The molecule has 0 amide bonds. The van der Waals surface area contributed by atoms with E-state index in [1.807, 2.05) is 0 Å². The maximum atomic E-state index is 9.47. The van der Waals surface area contributed by atoms with Crippen LogP contribution in [0.2, 0.25) is 0 Å². The van der Waals surface area contributed by atoms with Gasteiger partial charge in [0.25, 0.3) is 0 Å². The topological polar surface area (TPSA) is 74.6 Å². The first kappa shape index (κ1) is 16.6. The SMILES string of the molecule is C1CCC(C2CCCCC2)CC1.O=C(O)C#CC(=O)O. The van der Waals surface area contributed by atoms with Crippen LogP contribution in [0.15, 0.2) is 0 Å². The third-order valence-electron chi connectivity index (χ3n) is 4.24. The fourth-order valence-electron chi connectivity index (χ4n) is 3.32. The second-order valence-corrected chi connectivity index (χ2v) is 5.66. The highest BCUT2D eigenvalue weighted by Gasteiger charge is 2.24. The van der Waals surface area contributed by atoms with Crippen LogP contribution in [0.3, 0.4) is 0 Å². The lowest BCUT2D eigenvalue weighted by molar-refractivity contribution is -0.132. The van der Waals surface area contributed by atoms with Crippen molar-refractivity contribution in [3.8, 4) is 11.8 Å². The van der Waals surface area contributed by atoms with E-state index in [0.29, 0.717) is 0 Å². The normalized spacial score (nSPS) is 20.0. The van der Waals surface area contributed by atoms with Gasteiger partial charge in [-0.2, -0.15) is 0 Å². The molecule has 0 radical (unpaired) electrons. The molecule has 112 valence electrons. The maximum absolute atomic E-state index is 9.47. The van der Waals surface area contributed by atoms with Crippen LogP contribution in [-0.4, -0.2) is 22.2 Å². The average molecular weight is 280 g/mol. The van der Waals surface area contributed by atoms with Crippen molar-refractivity contribution in [1.82, 2.24) is 0 Å². The highest BCUT2D eigenvalue weighted by atomic mass is 16.4. The molecule has 0 spiro atoms. The number of carbonyl (C=O) groups is 2. The molecule has 2 aliphatic carbocycles. The van der Waals surface area contributed by atoms with Gasteiger partial charge in [0.15, 0.2) is 0 Å². The van der Waals surface area contributed by atoms with Crippen LogP contribution in [0.4, 0.5) is 0 Å². The minimum Gasteiger partial charge on any atom is -0.472 e. The fourth-order valence-corrected chi connectivity index (χ4v) is 3.32. The van der Waals surface area contributed by atoms with Crippen LogP contribution in [0.1, 0.15) is 64.2 Å². The highest BCUT2D eigenvalue weighted by Crippen LogP contribution is 2.37. The fraction of sp³-hybridized carbons (Fsp3) is 0.750. The van der Waals surface area contributed by atoms with Crippen LogP contribution in [0, 0.1) is 23.7 Å². The molecule has 2 rings (SSSR count). The van der Waals surface area contributed by atoms with E-state index in [4.69, 9.17) is 10.2 Å². The molecule has 4 nitrogen and oxygen atoms in total. The highest BCUT2D eigenvalue weighted by molar-refractivity contribution is 5.96. The Morgan fingerprint density at radius 1 is 0.650 bits per heavy atom. The van der Waals surface area contributed by atoms with Gasteiger partial charge in [-0.05, 0) is 11.8 Å². The van der Waals surface area contributed by atoms with E-state index < -0.39 is 11.9 Å². The number of carboxylic acids is 2. The standard InChI is InChI=1S/C12H22.C4H2O4/c1-3-7-11(8-4-1)12-9-5-2-6-10-12;5-3(6)1-2-4(7)8/h11-12H,1-10H2;(H,5,6)(H,7,8). The quantitative estimate of drug-likeness (QED) is 0.723. The lowest BCUT2D eigenvalue weighted by atomic mass is 9.73. The van der Waals surface area contributed by atoms with E-state index in [1.165, 1.54) is 50.4 Å². The second kappa shape index (κ2) is 9.41. The Morgan fingerprint density at radius 3 is 1.20 bits per heavy atom. The number of hydrogen-bond acceptors (Lipinski definition) is 2. The molecule has 2 saturated carbocycles. The molecule has 2 N–H and O–H groups in total. The van der Waals surface area contributed by atoms with Gasteiger partial charge in [0.05, 0.1) is 0 Å². The largest absolute Gasteiger partial charge is 0.472 e. The molecule has 2 fully saturated rings. The second-order valence-electron chi connectivity index (χ2n) is 5.66. The van der Waals surface area contributed by atoms with E-state index in [2.05, 4.69) is 0 Å². The summed E-state index contributed by atoms with van der Waals surface area (Å²) in [5, 5.41) is 15.5. The van der Waals surface area contributed by atoms with Crippen molar-refractivity contribution >= 4 is 11.9 Å². The molecule has 4 heteroatoms. The Labute approximate surface area is 120 Å². The minimum absolute atomic E-state index is 1.14. The Morgan fingerprint density at radius 2 is 0.950 bits per heavy atom. The van der Waals surface area contributed by atoms with Gasteiger partial charge >= 0.3 is 11.9 Å². The van der Waals surface area contributed by atoms with Crippen molar-refractivity contribution in [3.05, 3.63) is 0 Å². The van der Waals surface area contributed by atoms with Gasteiger partial charge in [0.1, 0.15) is 0 Å². The van der Waals surface area contributed by atoms with Gasteiger partial charge < -0.3 is 10.2 Å². The van der Waals surface area contributed by atoms with Gasteiger partial charge in [-0.25, -0.2) is 9.59 Å². The van der Waals surface area contributed by atoms with E-state index in [0.717, 1.165) is 11.8 Å². The first-order valence-electron chi connectivity index (χ1n) is 7.57. The Hall–Kier alpha value is -1.50. The van der Waals surface area contributed by atoms with Crippen molar-refractivity contribution < 1.29 is 19.8 Å². The van der Waals surface area contributed by atoms with Crippen molar-refractivity contribution in [2.45, 2.75) is 64.2 Å². The van der Waals surface area contributed by atoms with Gasteiger partial charge in [-0.3, -0.25) is 0 Å². The van der Waals surface area contributed by atoms with E-state index in [9.17, 15) is 9.59 Å². The van der Waals surface area contributed by atoms with E-state index in [-0.39, 0.29) is 0 Å². The summed E-state index contributed by atoms with van der Waals surface area (Å²) < 4.78 is 0. The zero-order valence-electron chi connectivity index (χ0n) is 11.9. The van der Waals surface area contributed by atoms with Crippen molar-refractivity contribution in [3.63, 3.8) is 0 Å². The van der Waals surface area contributed by atoms with E-state index >= 15 is 0 Å². The summed E-state index contributed by atoms with van der Waals surface area (Å²) in [6.07, 6.45) is 15.4. The summed E-state index contributed by atoms with van der Waals surface area (Å²) in [5.74, 6) is 2.22. The van der Waals surface area contributed by atoms with Crippen LogP contribution in [0.25, 0.3) is 0 Å². The molecular weight excluding hydrogens is 256 g/mol. The number of rotatable bonds is 1. The predicted octanol–water partition coefficient (Wildman–Crippen LogP) is 3.31. The minimum atomic E-state index is -1.44. The smallest absolute Gasteiger partial charge is 0.382 e. The van der Waals surface area contributed by atoms with Crippen molar-refractivity contribution in [2.75, 3.05) is 0 Å². The molecule has 0 bridgehead atoms. The monoisotopic (exact) mass is 280 g/mol. The molecule has 0 aromatic rings. The van der Waals surface area contributed by atoms with Crippen molar-refractivity contribution in [1.29, 1.82) is 0 Å².